The second kappa shape index (κ2) is 10.7. The topological polar surface area (TPSA) is 94.6 Å². The third-order valence-corrected chi connectivity index (χ3v) is 4.09. The Kier molecular flexibility index (Phi) is 7.43. The molecule has 0 aliphatic rings. The molecule has 156 valence electrons. The summed E-state index contributed by atoms with van der Waals surface area (Å²) in [6, 6.07) is 18.1. The SMILES string of the molecule is CCOc1ccc(-c2ccc(OCCNC(=O)Nc3ccccc3OC)nn2)cc1. The highest BCUT2D eigenvalue weighted by atomic mass is 16.5. The van der Waals surface area contributed by atoms with Gasteiger partial charge < -0.3 is 24.8 Å². The highest BCUT2D eigenvalue weighted by Gasteiger charge is 2.06. The molecule has 0 aliphatic carbocycles. The van der Waals surface area contributed by atoms with Crippen LogP contribution in [0.4, 0.5) is 10.5 Å². The van der Waals surface area contributed by atoms with Crippen LogP contribution in [0.5, 0.6) is 17.4 Å². The van der Waals surface area contributed by atoms with Crippen LogP contribution >= 0.6 is 0 Å². The number of rotatable bonds is 9. The zero-order chi connectivity index (χ0) is 21.2. The summed E-state index contributed by atoms with van der Waals surface area (Å²) in [4.78, 5) is 12.0. The predicted octanol–water partition coefficient (Wildman–Crippen LogP) is 3.75. The van der Waals surface area contributed by atoms with E-state index in [9.17, 15) is 4.79 Å². The molecule has 0 spiro atoms. The van der Waals surface area contributed by atoms with Crippen molar-refractivity contribution in [3.05, 3.63) is 60.7 Å². The maximum atomic E-state index is 12.0. The number of nitrogens with one attached hydrogen (secondary N) is 2. The smallest absolute Gasteiger partial charge is 0.319 e. The first kappa shape index (κ1) is 20.9. The van der Waals surface area contributed by atoms with Crippen LogP contribution in [0, 0.1) is 0 Å². The Balaban J connectivity index is 1.43. The lowest BCUT2D eigenvalue weighted by Gasteiger charge is -2.11. The van der Waals surface area contributed by atoms with Crippen LogP contribution in [0.2, 0.25) is 0 Å². The summed E-state index contributed by atoms with van der Waals surface area (Å²) < 4.78 is 16.2. The third kappa shape index (κ3) is 5.84. The summed E-state index contributed by atoms with van der Waals surface area (Å²) in [5.41, 5.74) is 2.26. The van der Waals surface area contributed by atoms with Gasteiger partial charge in [-0.05, 0) is 49.4 Å². The van der Waals surface area contributed by atoms with Gasteiger partial charge in [0.2, 0.25) is 5.88 Å². The molecule has 1 heterocycles. The number of methoxy groups -OCH3 is 1. The van der Waals surface area contributed by atoms with E-state index in [0.29, 0.717) is 30.5 Å². The van der Waals surface area contributed by atoms with Crippen LogP contribution in [-0.4, -0.2) is 43.1 Å². The van der Waals surface area contributed by atoms with Gasteiger partial charge in [-0.15, -0.1) is 10.2 Å². The van der Waals surface area contributed by atoms with E-state index in [0.717, 1.165) is 17.0 Å². The van der Waals surface area contributed by atoms with Gasteiger partial charge >= 0.3 is 6.03 Å². The Morgan fingerprint density at radius 1 is 0.967 bits per heavy atom. The molecule has 0 fully saturated rings. The summed E-state index contributed by atoms with van der Waals surface area (Å²) in [6.45, 7) is 3.14. The van der Waals surface area contributed by atoms with Crippen molar-refractivity contribution in [2.24, 2.45) is 0 Å². The van der Waals surface area contributed by atoms with Gasteiger partial charge in [0.25, 0.3) is 0 Å². The second-order valence-corrected chi connectivity index (χ2v) is 6.14. The zero-order valence-electron chi connectivity index (χ0n) is 16.9. The minimum atomic E-state index is -0.347. The molecule has 0 radical (unpaired) electrons. The Morgan fingerprint density at radius 2 is 1.77 bits per heavy atom. The van der Waals surface area contributed by atoms with Crippen LogP contribution in [0.1, 0.15) is 6.92 Å². The minimum Gasteiger partial charge on any atom is -0.495 e. The van der Waals surface area contributed by atoms with Crippen molar-refractivity contribution in [2.75, 3.05) is 32.2 Å². The number of carbonyl (C=O) groups is 1. The molecule has 0 unspecified atom stereocenters. The molecular weight excluding hydrogens is 384 g/mol. The van der Waals surface area contributed by atoms with Crippen molar-refractivity contribution < 1.29 is 19.0 Å². The molecule has 2 N–H and O–H groups in total. The number of para-hydroxylation sites is 2. The quantitative estimate of drug-likeness (QED) is 0.524. The Morgan fingerprint density at radius 3 is 2.47 bits per heavy atom. The van der Waals surface area contributed by atoms with Crippen molar-refractivity contribution in [3.63, 3.8) is 0 Å². The van der Waals surface area contributed by atoms with Crippen molar-refractivity contribution in [3.8, 4) is 28.6 Å². The summed E-state index contributed by atoms with van der Waals surface area (Å²) in [6.07, 6.45) is 0. The van der Waals surface area contributed by atoms with Gasteiger partial charge in [-0.2, -0.15) is 0 Å². The summed E-state index contributed by atoms with van der Waals surface area (Å²) >= 11 is 0. The Hall–Kier alpha value is -3.81. The molecule has 3 rings (SSSR count). The summed E-state index contributed by atoms with van der Waals surface area (Å²) in [7, 11) is 1.55. The number of carbonyl (C=O) groups excluding carboxylic acids is 1. The number of ether oxygens (including phenoxy) is 3. The number of amides is 2. The van der Waals surface area contributed by atoms with Crippen LogP contribution in [0.25, 0.3) is 11.3 Å². The molecule has 0 saturated carbocycles. The first-order chi connectivity index (χ1) is 14.7. The van der Waals surface area contributed by atoms with Gasteiger partial charge in [-0.25, -0.2) is 4.79 Å². The molecule has 0 saturated heterocycles. The molecule has 0 aliphatic heterocycles. The van der Waals surface area contributed by atoms with Crippen LogP contribution in [0.15, 0.2) is 60.7 Å². The number of hydrogen-bond acceptors (Lipinski definition) is 6. The largest absolute Gasteiger partial charge is 0.495 e. The maximum absolute atomic E-state index is 12.0. The van der Waals surface area contributed by atoms with E-state index in [1.807, 2.05) is 49.4 Å². The molecule has 1 aromatic heterocycles. The van der Waals surface area contributed by atoms with Gasteiger partial charge in [0.15, 0.2) is 0 Å². The van der Waals surface area contributed by atoms with Crippen molar-refractivity contribution in [1.82, 2.24) is 15.5 Å². The number of urea groups is 1. The lowest BCUT2D eigenvalue weighted by Crippen LogP contribution is -2.32. The van der Waals surface area contributed by atoms with Gasteiger partial charge in [-0.1, -0.05) is 12.1 Å². The first-order valence-corrected chi connectivity index (χ1v) is 9.57. The Labute approximate surface area is 175 Å². The van der Waals surface area contributed by atoms with Crippen LogP contribution in [0.3, 0.4) is 0 Å². The lowest BCUT2D eigenvalue weighted by molar-refractivity contribution is 0.246. The Bertz CT molecular complexity index is 946. The average molecular weight is 408 g/mol. The second-order valence-electron chi connectivity index (χ2n) is 6.14. The molecule has 8 heteroatoms. The van der Waals surface area contributed by atoms with E-state index >= 15 is 0 Å². The lowest BCUT2D eigenvalue weighted by atomic mass is 10.1. The van der Waals surface area contributed by atoms with Crippen molar-refractivity contribution in [1.29, 1.82) is 0 Å². The number of hydrogen-bond donors (Lipinski definition) is 2. The van der Waals surface area contributed by atoms with Gasteiger partial charge in [0.1, 0.15) is 18.1 Å². The van der Waals surface area contributed by atoms with Crippen LogP contribution < -0.4 is 24.8 Å². The molecule has 2 amide bonds. The molecule has 8 nitrogen and oxygen atoms in total. The average Bonchev–Trinajstić information content (AvgIpc) is 2.78. The number of benzene rings is 2. The first-order valence-electron chi connectivity index (χ1n) is 9.57. The summed E-state index contributed by atoms with van der Waals surface area (Å²) in [5.74, 6) is 1.79. The predicted molar refractivity (Wildman–Crippen MR) is 114 cm³/mol. The number of nitrogens with zero attached hydrogens (tertiary/aromatic N) is 2. The number of anilines is 1. The normalized spacial score (nSPS) is 10.2. The fourth-order valence-electron chi connectivity index (χ4n) is 2.67. The molecule has 0 bridgehead atoms. The van der Waals surface area contributed by atoms with E-state index < -0.39 is 0 Å². The van der Waals surface area contributed by atoms with Crippen molar-refractivity contribution in [2.45, 2.75) is 6.92 Å². The minimum absolute atomic E-state index is 0.260. The van der Waals surface area contributed by atoms with Crippen molar-refractivity contribution >= 4 is 11.7 Å². The highest BCUT2D eigenvalue weighted by Crippen LogP contribution is 2.23. The number of aromatic nitrogens is 2. The molecular formula is C22H24N4O4. The maximum Gasteiger partial charge on any atom is 0.319 e. The van der Waals surface area contributed by atoms with E-state index in [2.05, 4.69) is 20.8 Å². The van der Waals surface area contributed by atoms with Gasteiger partial charge in [0.05, 0.1) is 31.6 Å². The highest BCUT2D eigenvalue weighted by molar-refractivity contribution is 5.90. The third-order valence-electron chi connectivity index (χ3n) is 4.09. The molecule has 2 aromatic carbocycles. The standard InChI is InChI=1S/C22H24N4O4/c1-3-29-17-10-8-16(9-11-17)18-12-13-21(26-25-18)30-15-14-23-22(27)24-19-6-4-5-7-20(19)28-2/h4-13H,3,14-15H2,1-2H3,(H2,23,24,27). The molecule has 30 heavy (non-hydrogen) atoms. The molecule has 0 atom stereocenters. The van der Waals surface area contributed by atoms with E-state index in [-0.39, 0.29) is 12.6 Å². The van der Waals surface area contributed by atoms with E-state index in [4.69, 9.17) is 14.2 Å². The van der Waals surface area contributed by atoms with E-state index in [1.54, 1.807) is 25.3 Å². The molecule has 3 aromatic rings. The monoisotopic (exact) mass is 408 g/mol. The fourth-order valence-corrected chi connectivity index (χ4v) is 2.67. The van der Waals surface area contributed by atoms with Gasteiger partial charge in [0, 0.05) is 11.6 Å². The fraction of sp³-hybridized carbons (Fsp3) is 0.227. The van der Waals surface area contributed by atoms with Crippen LogP contribution in [-0.2, 0) is 0 Å². The zero-order valence-corrected chi connectivity index (χ0v) is 16.9. The summed E-state index contributed by atoms with van der Waals surface area (Å²) in [5, 5.41) is 13.7. The van der Waals surface area contributed by atoms with E-state index in [1.165, 1.54) is 0 Å². The van der Waals surface area contributed by atoms with Gasteiger partial charge in [-0.3, -0.25) is 0 Å².